The zero-order valence-electron chi connectivity index (χ0n) is 12.3. The molecule has 0 saturated heterocycles. The minimum Gasteiger partial charge on any atom is -0.377 e. The van der Waals surface area contributed by atoms with Gasteiger partial charge in [0.05, 0.1) is 11.3 Å². The maximum absolute atomic E-state index is 12.2. The second-order valence-corrected chi connectivity index (χ2v) is 7.28. The molecule has 0 spiro atoms. The summed E-state index contributed by atoms with van der Waals surface area (Å²) >= 11 is 0. The summed E-state index contributed by atoms with van der Waals surface area (Å²) in [5, 5.41) is 14.3. The third kappa shape index (κ3) is 3.60. The van der Waals surface area contributed by atoms with Crippen molar-refractivity contribution in [2.24, 2.45) is 5.14 Å². The normalized spacial score (nSPS) is 16.0. The van der Waals surface area contributed by atoms with Crippen LogP contribution in [0.4, 0.5) is 0 Å². The van der Waals surface area contributed by atoms with Gasteiger partial charge in [0.15, 0.2) is 5.69 Å². The van der Waals surface area contributed by atoms with E-state index in [1.165, 1.54) is 7.11 Å². The molecule has 1 aliphatic carbocycles. The van der Waals surface area contributed by atoms with Crippen molar-refractivity contribution < 1.29 is 17.9 Å². The van der Waals surface area contributed by atoms with Crippen LogP contribution in [0.25, 0.3) is 0 Å². The number of H-pyrrole nitrogens is 1. The van der Waals surface area contributed by atoms with Crippen LogP contribution < -0.4 is 10.5 Å². The Morgan fingerprint density at radius 3 is 2.62 bits per heavy atom. The van der Waals surface area contributed by atoms with Gasteiger partial charge in [0.25, 0.3) is 5.91 Å². The first-order chi connectivity index (χ1) is 9.65. The van der Waals surface area contributed by atoms with Crippen molar-refractivity contribution in [1.82, 2.24) is 15.5 Å². The number of sulfonamides is 1. The molecule has 0 bridgehead atoms. The van der Waals surface area contributed by atoms with E-state index >= 15 is 0 Å². The van der Waals surface area contributed by atoms with Crippen LogP contribution in [0, 0.1) is 0 Å². The minimum absolute atomic E-state index is 0.0859. The third-order valence-electron chi connectivity index (χ3n) is 3.46. The van der Waals surface area contributed by atoms with Crippen LogP contribution in [0.5, 0.6) is 0 Å². The number of carbonyl (C=O) groups is 1. The fraction of sp³-hybridized carbons (Fsp3) is 0.667. The first kappa shape index (κ1) is 15.9. The van der Waals surface area contributed by atoms with E-state index < -0.39 is 21.5 Å². The number of hydrogen-bond donors (Lipinski definition) is 3. The molecule has 21 heavy (non-hydrogen) atoms. The zero-order chi connectivity index (χ0) is 15.8. The zero-order valence-corrected chi connectivity index (χ0v) is 13.1. The Labute approximate surface area is 123 Å². The van der Waals surface area contributed by atoms with E-state index in [4.69, 9.17) is 9.88 Å². The molecule has 1 aromatic heterocycles. The predicted octanol–water partition coefficient (Wildman–Crippen LogP) is 0.0893. The van der Waals surface area contributed by atoms with Crippen molar-refractivity contribution in [3.63, 3.8) is 0 Å². The number of ether oxygens (including phenoxy) is 1. The highest BCUT2D eigenvalue weighted by Gasteiger charge is 2.36. The highest BCUT2D eigenvalue weighted by Crippen LogP contribution is 2.42. The van der Waals surface area contributed by atoms with Crippen LogP contribution in [0.1, 0.15) is 48.8 Å². The molecule has 9 heteroatoms. The van der Waals surface area contributed by atoms with Crippen molar-refractivity contribution in [3.8, 4) is 0 Å². The summed E-state index contributed by atoms with van der Waals surface area (Å²) in [7, 11) is -2.49. The van der Waals surface area contributed by atoms with Gasteiger partial charge in [0, 0.05) is 19.6 Å². The lowest BCUT2D eigenvalue weighted by Gasteiger charge is -2.22. The Bertz CT molecular complexity index is 646. The summed E-state index contributed by atoms with van der Waals surface area (Å²) in [4.78, 5) is 12.0. The van der Waals surface area contributed by atoms with Crippen molar-refractivity contribution in [2.75, 3.05) is 13.7 Å². The van der Waals surface area contributed by atoms with Crippen molar-refractivity contribution >= 4 is 15.9 Å². The lowest BCUT2D eigenvalue weighted by atomic mass is 10.1. The van der Waals surface area contributed by atoms with Crippen molar-refractivity contribution in [1.29, 1.82) is 0 Å². The van der Waals surface area contributed by atoms with Crippen LogP contribution in [-0.4, -0.2) is 43.8 Å². The number of amides is 1. The van der Waals surface area contributed by atoms with Gasteiger partial charge in [-0.25, -0.2) is 13.6 Å². The monoisotopic (exact) mass is 316 g/mol. The summed E-state index contributed by atoms with van der Waals surface area (Å²) in [5.74, 6) is -0.505. The largest absolute Gasteiger partial charge is 0.377 e. The fourth-order valence-electron chi connectivity index (χ4n) is 1.88. The average molecular weight is 316 g/mol. The predicted molar refractivity (Wildman–Crippen MR) is 75.4 cm³/mol. The summed E-state index contributed by atoms with van der Waals surface area (Å²) in [6, 6.07) is 0. The van der Waals surface area contributed by atoms with Gasteiger partial charge >= 0.3 is 0 Å². The molecule has 8 nitrogen and oxygen atoms in total. The lowest BCUT2D eigenvalue weighted by Crippen LogP contribution is -2.40. The molecule has 0 radical (unpaired) electrons. The van der Waals surface area contributed by atoms with E-state index in [0.29, 0.717) is 5.69 Å². The highest BCUT2D eigenvalue weighted by molar-refractivity contribution is 7.89. The van der Waals surface area contributed by atoms with Crippen LogP contribution in [0.2, 0.25) is 0 Å². The first-order valence-electron chi connectivity index (χ1n) is 6.60. The number of aromatic nitrogens is 2. The summed E-state index contributed by atoms with van der Waals surface area (Å²) in [6.45, 7) is 3.82. The van der Waals surface area contributed by atoms with Gasteiger partial charge in [-0.3, -0.25) is 9.89 Å². The molecule has 0 atom stereocenters. The second-order valence-electron chi connectivity index (χ2n) is 5.78. The standard InChI is InChI=1S/C12H20N4O4S/c1-12(2,20-3)6-14-11(17)9-10(21(13,18)19)8(15-16-9)7-4-5-7/h7H,4-6H2,1-3H3,(H,14,17)(H,15,16)(H2,13,18,19). The quantitative estimate of drug-likeness (QED) is 0.685. The van der Waals surface area contributed by atoms with Crippen LogP contribution in [0.3, 0.4) is 0 Å². The molecule has 0 aliphatic heterocycles. The maximum atomic E-state index is 12.2. The number of primary sulfonamides is 1. The summed E-state index contributed by atoms with van der Waals surface area (Å²) < 4.78 is 28.7. The lowest BCUT2D eigenvalue weighted by molar-refractivity contribution is 0.0228. The van der Waals surface area contributed by atoms with E-state index in [2.05, 4.69) is 15.5 Å². The first-order valence-corrected chi connectivity index (χ1v) is 8.15. The van der Waals surface area contributed by atoms with Crippen LogP contribution in [-0.2, 0) is 14.8 Å². The van der Waals surface area contributed by atoms with E-state index in [9.17, 15) is 13.2 Å². The third-order valence-corrected chi connectivity index (χ3v) is 4.44. The van der Waals surface area contributed by atoms with Gasteiger partial charge in [-0.05, 0) is 26.7 Å². The number of nitrogens with one attached hydrogen (secondary N) is 2. The molecule has 118 valence electrons. The van der Waals surface area contributed by atoms with E-state index in [-0.39, 0.29) is 23.1 Å². The Hall–Kier alpha value is -1.45. The summed E-state index contributed by atoms with van der Waals surface area (Å²) in [5.41, 5.74) is -0.326. The molecular weight excluding hydrogens is 296 g/mol. The molecule has 1 aliphatic rings. The molecule has 1 fully saturated rings. The van der Waals surface area contributed by atoms with Crippen molar-refractivity contribution in [3.05, 3.63) is 11.4 Å². The van der Waals surface area contributed by atoms with Crippen molar-refractivity contribution in [2.45, 2.75) is 43.1 Å². The van der Waals surface area contributed by atoms with Gasteiger partial charge in [0.2, 0.25) is 10.0 Å². The molecule has 1 saturated carbocycles. The number of nitrogens with zero attached hydrogens (tertiary/aromatic N) is 1. The number of rotatable bonds is 6. The fourth-order valence-corrected chi connectivity index (χ4v) is 2.81. The van der Waals surface area contributed by atoms with E-state index in [0.717, 1.165) is 12.8 Å². The van der Waals surface area contributed by atoms with Gasteiger partial charge < -0.3 is 10.1 Å². The molecular formula is C12H20N4O4S. The van der Waals surface area contributed by atoms with Gasteiger partial charge in [-0.2, -0.15) is 5.10 Å². The number of nitrogens with two attached hydrogens (primary N) is 1. The number of carbonyl (C=O) groups excluding carboxylic acids is 1. The maximum Gasteiger partial charge on any atom is 0.273 e. The Morgan fingerprint density at radius 1 is 1.52 bits per heavy atom. The molecule has 1 aromatic rings. The second kappa shape index (κ2) is 5.39. The van der Waals surface area contributed by atoms with Gasteiger partial charge in [0.1, 0.15) is 4.90 Å². The van der Waals surface area contributed by atoms with Gasteiger partial charge in [-0.15, -0.1) is 0 Å². The Morgan fingerprint density at radius 2 is 2.14 bits per heavy atom. The van der Waals surface area contributed by atoms with Gasteiger partial charge in [-0.1, -0.05) is 0 Å². The Kier molecular flexibility index (Phi) is 4.09. The van der Waals surface area contributed by atoms with E-state index in [1.54, 1.807) is 13.8 Å². The average Bonchev–Trinajstić information content (AvgIpc) is 3.13. The SMILES string of the molecule is COC(C)(C)CNC(=O)c1n[nH]c(C2CC2)c1S(N)(=O)=O. The molecule has 1 heterocycles. The smallest absolute Gasteiger partial charge is 0.273 e. The number of aromatic amines is 1. The van der Waals surface area contributed by atoms with E-state index in [1.807, 2.05) is 0 Å². The molecule has 4 N–H and O–H groups in total. The van der Waals surface area contributed by atoms with Crippen LogP contribution in [0.15, 0.2) is 4.90 Å². The summed E-state index contributed by atoms with van der Waals surface area (Å²) in [6.07, 6.45) is 1.73. The molecule has 2 rings (SSSR count). The Balaban J connectivity index is 2.26. The highest BCUT2D eigenvalue weighted by atomic mass is 32.2. The van der Waals surface area contributed by atoms with Crippen LogP contribution >= 0.6 is 0 Å². The molecule has 0 unspecified atom stereocenters. The molecule has 0 aromatic carbocycles. The minimum atomic E-state index is -4.02. The number of hydrogen-bond acceptors (Lipinski definition) is 5. The topological polar surface area (TPSA) is 127 Å². The molecule has 1 amide bonds. The number of methoxy groups -OCH3 is 1.